The lowest BCUT2D eigenvalue weighted by Gasteiger charge is -2.18. The summed E-state index contributed by atoms with van der Waals surface area (Å²) >= 11 is 0. The second kappa shape index (κ2) is 14.3. The minimum Gasteiger partial charge on any atom is -0.465 e. The van der Waals surface area contributed by atoms with E-state index in [2.05, 4.69) is 18.7 Å². The third kappa shape index (κ3) is 11.8. The first kappa shape index (κ1) is 21.7. The zero-order valence-electron chi connectivity index (χ0n) is 14.8. The van der Waals surface area contributed by atoms with Crippen molar-refractivity contribution in [1.29, 1.82) is 0 Å². The first-order valence-electron chi connectivity index (χ1n) is 8.23. The molecule has 136 valence electrons. The third-order valence-corrected chi connectivity index (χ3v) is 3.34. The van der Waals surface area contributed by atoms with E-state index in [4.69, 9.17) is 18.9 Å². The molecule has 0 aliphatic carbocycles. The number of carbonyl (C=O) groups excluding carboxylic acids is 2. The molecule has 0 radical (unpaired) electrons. The Labute approximate surface area is 139 Å². The van der Waals surface area contributed by atoms with Crippen molar-refractivity contribution in [3.05, 3.63) is 0 Å². The number of carbonyl (C=O) groups is 2. The summed E-state index contributed by atoms with van der Waals surface area (Å²) in [5, 5.41) is 0. The summed E-state index contributed by atoms with van der Waals surface area (Å²) in [5.41, 5.74) is 0. The van der Waals surface area contributed by atoms with Crippen LogP contribution in [0.5, 0.6) is 0 Å². The molecule has 0 aromatic rings. The van der Waals surface area contributed by atoms with Crippen LogP contribution >= 0.6 is 0 Å². The molecule has 0 aromatic carbocycles. The van der Waals surface area contributed by atoms with Crippen LogP contribution in [0.25, 0.3) is 0 Å². The summed E-state index contributed by atoms with van der Waals surface area (Å²) in [6.07, 6.45) is 0.383. The highest BCUT2D eigenvalue weighted by Crippen LogP contribution is 2.03. The number of rotatable bonds is 13. The SMILES string of the molecule is CCC(=O)OCC(COC)COC(=O)OCCCN(CC)CC. The molecular formula is C16H31NO6. The Kier molecular flexibility index (Phi) is 13.4. The first-order valence-corrected chi connectivity index (χ1v) is 8.23. The Balaban J connectivity index is 3.87. The normalized spacial score (nSPS) is 12.0. The molecule has 7 heteroatoms. The van der Waals surface area contributed by atoms with Crippen molar-refractivity contribution in [2.45, 2.75) is 33.6 Å². The van der Waals surface area contributed by atoms with Gasteiger partial charge in [0.15, 0.2) is 0 Å². The molecule has 0 aliphatic heterocycles. The average molecular weight is 333 g/mol. The second-order valence-electron chi connectivity index (χ2n) is 5.15. The van der Waals surface area contributed by atoms with E-state index in [1.54, 1.807) is 14.0 Å². The van der Waals surface area contributed by atoms with Crippen molar-refractivity contribution in [3.63, 3.8) is 0 Å². The molecular weight excluding hydrogens is 302 g/mol. The van der Waals surface area contributed by atoms with Gasteiger partial charge in [0.1, 0.15) is 6.61 Å². The molecule has 1 unspecified atom stereocenters. The van der Waals surface area contributed by atoms with Gasteiger partial charge in [-0.05, 0) is 19.5 Å². The van der Waals surface area contributed by atoms with Gasteiger partial charge >= 0.3 is 12.1 Å². The molecule has 0 saturated heterocycles. The lowest BCUT2D eigenvalue weighted by Crippen LogP contribution is -2.26. The highest BCUT2D eigenvalue weighted by Gasteiger charge is 2.15. The van der Waals surface area contributed by atoms with Crippen molar-refractivity contribution in [3.8, 4) is 0 Å². The van der Waals surface area contributed by atoms with E-state index in [9.17, 15) is 9.59 Å². The lowest BCUT2D eigenvalue weighted by molar-refractivity contribution is -0.145. The molecule has 0 amide bonds. The van der Waals surface area contributed by atoms with Crippen molar-refractivity contribution in [2.75, 3.05) is 53.2 Å². The van der Waals surface area contributed by atoms with E-state index in [0.29, 0.717) is 19.6 Å². The van der Waals surface area contributed by atoms with E-state index in [-0.39, 0.29) is 25.1 Å². The molecule has 0 saturated carbocycles. The van der Waals surface area contributed by atoms with Crippen LogP contribution in [0.2, 0.25) is 0 Å². The predicted molar refractivity (Wildman–Crippen MR) is 86.3 cm³/mol. The van der Waals surface area contributed by atoms with Gasteiger partial charge in [-0.25, -0.2) is 4.79 Å². The first-order chi connectivity index (χ1) is 11.1. The van der Waals surface area contributed by atoms with Crippen LogP contribution in [0.15, 0.2) is 0 Å². The Morgan fingerprint density at radius 3 is 2.17 bits per heavy atom. The number of methoxy groups -OCH3 is 1. The average Bonchev–Trinajstić information content (AvgIpc) is 2.57. The van der Waals surface area contributed by atoms with Crippen LogP contribution in [0.1, 0.15) is 33.6 Å². The van der Waals surface area contributed by atoms with Gasteiger partial charge in [-0.1, -0.05) is 20.8 Å². The molecule has 0 bridgehead atoms. The molecule has 0 N–H and O–H groups in total. The van der Waals surface area contributed by atoms with Crippen LogP contribution in [0.3, 0.4) is 0 Å². The second-order valence-corrected chi connectivity index (χ2v) is 5.15. The van der Waals surface area contributed by atoms with Crippen LogP contribution in [0.4, 0.5) is 4.79 Å². The molecule has 0 fully saturated rings. The third-order valence-electron chi connectivity index (χ3n) is 3.34. The molecule has 7 nitrogen and oxygen atoms in total. The fourth-order valence-corrected chi connectivity index (χ4v) is 1.90. The van der Waals surface area contributed by atoms with E-state index >= 15 is 0 Å². The quantitative estimate of drug-likeness (QED) is 0.377. The van der Waals surface area contributed by atoms with Crippen LogP contribution in [-0.4, -0.2) is 70.2 Å². The van der Waals surface area contributed by atoms with Gasteiger partial charge in [-0.3, -0.25) is 4.79 Å². The molecule has 1 atom stereocenters. The Hall–Kier alpha value is -1.34. The van der Waals surface area contributed by atoms with Crippen LogP contribution in [0, 0.1) is 5.92 Å². The van der Waals surface area contributed by atoms with E-state index < -0.39 is 6.16 Å². The summed E-state index contributed by atoms with van der Waals surface area (Å²) in [5.74, 6) is -0.483. The Morgan fingerprint density at radius 2 is 1.61 bits per heavy atom. The number of nitrogens with zero attached hydrogens (tertiary/aromatic N) is 1. The van der Waals surface area contributed by atoms with Crippen LogP contribution < -0.4 is 0 Å². The number of ether oxygens (including phenoxy) is 4. The lowest BCUT2D eigenvalue weighted by atomic mass is 10.2. The maximum Gasteiger partial charge on any atom is 0.508 e. The van der Waals surface area contributed by atoms with Crippen molar-refractivity contribution >= 4 is 12.1 Å². The Morgan fingerprint density at radius 1 is 0.957 bits per heavy atom. The minimum absolute atomic E-state index is 0.0969. The molecule has 0 spiro atoms. The summed E-state index contributed by atoms with van der Waals surface area (Å²) in [6.45, 7) is 9.70. The monoisotopic (exact) mass is 333 g/mol. The highest BCUT2D eigenvalue weighted by atomic mass is 16.7. The zero-order valence-corrected chi connectivity index (χ0v) is 14.8. The standard InChI is InChI=1S/C16H31NO6/c1-5-15(18)22-12-14(11-20-4)13-23-16(19)21-10-8-9-17(6-2)7-3/h14H,5-13H2,1-4H3. The summed E-state index contributed by atoms with van der Waals surface area (Å²) in [4.78, 5) is 24.9. The van der Waals surface area contributed by atoms with E-state index in [0.717, 1.165) is 26.1 Å². The zero-order chi connectivity index (χ0) is 17.5. The van der Waals surface area contributed by atoms with E-state index in [1.165, 1.54) is 0 Å². The molecule has 23 heavy (non-hydrogen) atoms. The van der Waals surface area contributed by atoms with Gasteiger partial charge in [-0.2, -0.15) is 0 Å². The van der Waals surface area contributed by atoms with Crippen molar-refractivity contribution in [2.24, 2.45) is 5.92 Å². The smallest absolute Gasteiger partial charge is 0.465 e. The van der Waals surface area contributed by atoms with Gasteiger partial charge in [0.25, 0.3) is 0 Å². The molecule has 0 aliphatic rings. The van der Waals surface area contributed by atoms with Gasteiger partial charge in [0.2, 0.25) is 0 Å². The van der Waals surface area contributed by atoms with Gasteiger partial charge in [-0.15, -0.1) is 0 Å². The van der Waals surface area contributed by atoms with Crippen molar-refractivity contribution in [1.82, 2.24) is 4.90 Å². The fourth-order valence-electron chi connectivity index (χ4n) is 1.90. The van der Waals surface area contributed by atoms with Gasteiger partial charge < -0.3 is 23.8 Å². The Bertz CT molecular complexity index is 320. The highest BCUT2D eigenvalue weighted by molar-refractivity contribution is 5.68. The van der Waals surface area contributed by atoms with Crippen LogP contribution in [-0.2, 0) is 23.7 Å². The summed E-state index contributed by atoms with van der Waals surface area (Å²) in [6, 6.07) is 0. The van der Waals surface area contributed by atoms with Crippen molar-refractivity contribution < 1.29 is 28.5 Å². The number of hydrogen-bond acceptors (Lipinski definition) is 7. The topological polar surface area (TPSA) is 74.3 Å². The summed E-state index contributed by atoms with van der Waals surface area (Å²) in [7, 11) is 1.54. The minimum atomic E-state index is -0.701. The van der Waals surface area contributed by atoms with E-state index in [1.807, 2.05) is 0 Å². The molecule has 0 rings (SSSR count). The molecule has 0 heterocycles. The number of hydrogen-bond donors (Lipinski definition) is 0. The van der Waals surface area contributed by atoms with Gasteiger partial charge in [0.05, 0.1) is 25.7 Å². The maximum atomic E-state index is 11.5. The largest absolute Gasteiger partial charge is 0.508 e. The predicted octanol–water partition coefficient (Wildman–Crippen LogP) is 2.09. The summed E-state index contributed by atoms with van der Waals surface area (Å²) < 4.78 is 20.1. The fraction of sp³-hybridized carbons (Fsp3) is 0.875. The maximum absolute atomic E-state index is 11.5. The molecule has 0 aromatic heterocycles. The van der Waals surface area contributed by atoms with Gasteiger partial charge in [0, 0.05) is 20.1 Å². The number of esters is 1.